The number of anilines is 1. The highest BCUT2D eigenvalue weighted by atomic mass is 19.1. The number of benzene rings is 1. The van der Waals surface area contributed by atoms with Crippen molar-refractivity contribution in [2.75, 3.05) is 31.1 Å². The quantitative estimate of drug-likeness (QED) is 0.928. The standard InChI is InChI=1S/C17H25FN2O/c1-13(21)15-6-5-7-16(18)17(15)20-11-8-14(12-20)19-9-3-2-4-10-19/h5-7,13-14,21H,2-4,8-12H2,1H3/t13-,14?/m0/s1. The predicted octanol–water partition coefficient (Wildman–Crippen LogP) is 2.94. The van der Waals surface area contributed by atoms with E-state index in [1.165, 1.54) is 38.4 Å². The lowest BCUT2D eigenvalue weighted by Crippen LogP contribution is -2.41. The van der Waals surface area contributed by atoms with Crippen molar-refractivity contribution in [3.05, 3.63) is 29.6 Å². The van der Waals surface area contributed by atoms with Gasteiger partial charge in [0.1, 0.15) is 5.82 Å². The van der Waals surface area contributed by atoms with Crippen LogP contribution in [0.15, 0.2) is 18.2 Å². The van der Waals surface area contributed by atoms with Crippen LogP contribution in [0.5, 0.6) is 0 Å². The fraction of sp³-hybridized carbons (Fsp3) is 0.647. The summed E-state index contributed by atoms with van der Waals surface area (Å²) in [5.41, 5.74) is 1.31. The summed E-state index contributed by atoms with van der Waals surface area (Å²) in [4.78, 5) is 4.68. The molecule has 0 aliphatic carbocycles. The zero-order valence-electron chi connectivity index (χ0n) is 12.8. The third-order valence-electron chi connectivity index (χ3n) is 4.85. The van der Waals surface area contributed by atoms with Gasteiger partial charge in [-0.25, -0.2) is 4.39 Å². The van der Waals surface area contributed by atoms with Crippen LogP contribution in [0.2, 0.25) is 0 Å². The van der Waals surface area contributed by atoms with Crippen molar-refractivity contribution >= 4 is 5.69 Å². The Morgan fingerprint density at radius 2 is 1.95 bits per heavy atom. The Bertz CT molecular complexity index is 486. The number of hydrogen-bond donors (Lipinski definition) is 1. The molecular weight excluding hydrogens is 267 g/mol. The SMILES string of the molecule is C[C@H](O)c1cccc(F)c1N1CCC(N2CCCCC2)C1. The molecule has 2 aliphatic rings. The first-order chi connectivity index (χ1) is 10.2. The fourth-order valence-corrected chi connectivity index (χ4v) is 3.73. The summed E-state index contributed by atoms with van der Waals surface area (Å²) in [7, 11) is 0. The highest BCUT2D eigenvalue weighted by Crippen LogP contribution is 2.33. The van der Waals surface area contributed by atoms with Crippen LogP contribution >= 0.6 is 0 Å². The van der Waals surface area contributed by atoms with E-state index in [0.29, 0.717) is 17.3 Å². The molecule has 2 heterocycles. The molecule has 1 aromatic rings. The molecule has 3 nitrogen and oxygen atoms in total. The number of hydrogen-bond acceptors (Lipinski definition) is 3. The van der Waals surface area contributed by atoms with Gasteiger partial charge in [-0.1, -0.05) is 18.6 Å². The average molecular weight is 292 g/mol. The second-order valence-corrected chi connectivity index (χ2v) is 6.34. The maximum absolute atomic E-state index is 14.3. The first-order valence-electron chi connectivity index (χ1n) is 8.12. The Kier molecular flexibility index (Phi) is 4.45. The third kappa shape index (κ3) is 3.06. The maximum atomic E-state index is 14.3. The van der Waals surface area contributed by atoms with E-state index >= 15 is 0 Å². The van der Waals surface area contributed by atoms with Gasteiger partial charge < -0.3 is 10.0 Å². The van der Waals surface area contributed by atoms with Crippen molar-refractivity contribution in [3.8, 4) is 0 Å². The minimum atomic E-state index is -0.635. The van der Waals surface area contributed by atoms with E-state index in [2.05, 4.69) is 9.80 Å². The van der Waals surface area contributed by atoms with Crippen molar-refractivity contribution in [2.24, 2.45) is 0 Å². The summed E-state index contributed by atoms with van der Waals surface area (Å²) in [6, 6.07) is 5.54. The largest absolute Gasteiger partial charge is 0.389 e. The van der Waals surface area contributed by atoms with E-state index in [1.54, 1.807) is 13.0 Å². The van der Waals surface area contributed by atoms with Crippen LogP contribution in [-0.4, -0.2) is 42.2 Å². The van der Waals surface area contributed by atoms with E-state index in [4.69, 9.17) is 0 Å². The molecule has 4 heteroatoms. The minimum absolute atomic E-state index is 0.215. The third-order valence-corrected chi connectivity index (χ3v) is 4.85. The van der Waals surface area contributed by atoms with Crippen molar-refractivity contribution in [3.63, 3.8) is 0 Å². The number of nitrogens with zero attached hydrogens (tertiary/aromatic N) is 2. The van der Waals surface area contributed by atoms with Crippen LogP contribution in [0, 0.1) is 5.82 Å². The number of piperidine rings is 1. The molecule has 2 fully saturated rings. The summed E-state index contributed by atoms with van der Waals surface area (Å²) >= 11 is 0. The van der Waals surface area contributed by atoms with E-state index in [9.17, 15) is 9.50 Å². The van der Waals surface area contributed by atoms with E-state index < -0.39 is 6.10 Å². The monoisotopic (exact) mass is 292 g/mol. The number of rotatable bonds is 3. The summed E-state index contributed by atoms with van der Waals surface area (Å²) in [6.07, 6.45) is 4.37. The van der Waals surface area contributed by atoms with Crippen molar-refractivity contribution in [2.45, 2.75) is 44.8 Å². The van der Waals surface area contributed by atoms with Crippen molar-refractivity contribution in [1.82, 2.24) is 4.90 Å². The van der Waals surface area contributed by atoms with E-state index in [1.807, 2.05) is 6.07 Å². The van der Waals surface area contributed by atoms with Gasteiger partial charge in [-0.3, -0.25) is 4.90 Å². The van der Waals surface area contributed by atoms with Gasteiger partial charge in [-0.2, -0.15) is 0 Å². The molecule has 1 aromatic carbocycles. The van der Waals surface area contributed by atoms with Gasteiger partial charge in [0, 0.05) is 24.7 Å². The molecule has 0 aromatic heterocycles. The van der Waals surface area contributed by atoms with Crippen LogP contribution in [-0.2, 0) is 0 Å². The number of aliphatic hydroxyl groups excluding tert-OH is 1. The molecule has 2 saturated heterocycles. The molecule has 0 amide bonds. The van der Waals surface area contributed by atoms with Crippen molar-refractivity contribution < 1.29 is 9.50 Å². The summed E-state index contributed by atoms with van der Waals surface area (Å²) in [5.74, 6) is -0.215. The molecule has 21 heavy (non-hydrogen) atoms. The van der Waals surface area contributed by atoms with Gasteiger partial charge in [0.2, 0.25) is 0 Å². The van der Waals surface area contributed by atoms with Gasteiger partial charge in [0.15, 0.2) is 0 Å². The van der Waals surface area contributed by atoms with Crippen LogP contribution < -0.4 is 4.90 Å². The zero-order chi connectivity index (χ0) is 14.8. The minimum Gasteiger partial charge on any atom is -0.389 e. The van der Waals surface area contributed by atoms with Crippen molar-refractivity contribution in [1.29, 1.82) is 0 Å². The lowest BCUT2D eigenvalue weighted by molar-refractivity contribution is 0.174. The van der Waals surface area contributed by atoms with Gasteiger partial charge in [0.05, 0.1) is 11.8 Å². The Balaban J connectivity index is 1.77. The molecule has 0 saturated carbocycles. The summed E-state index contributed by atoms with van der Waals surface area (Å²) in [6.45, 7) is 5.82. The maximum Gasteiger partial charge on any atom is 0.146 e. The van der Waals surface area contributed by atoms with E-state index in [0.717, 1.165) is 19.5 Å². The average Bonchev–Trinajstić information content (AvgIpc) is 2.97. The Hall–Kier alpha value is -1.13. The highest BCUT2D eigenvalue weighted by Gasteiger charge is 2.31. The first kappa shape index (κ1) is 14.8. The molecule has 1 N–H and O–H groups in total. The fourth-order valence-electron chi connectivity index (χ4n) is 3.73. The number of halogens is 1. The number of likely N-dealkylation sites (tertiary alicyclic amines) is 1. The van der Waals surface area contributed by atoms with Crippen LogP contribution in [0.3, 0.4) is 0 Å². The second kappa shape index (κ2) is 6.32. The summed E-state index contributed by atoms with van der Waals surface area (Å²) in [5, 5.41) is 9.90. The predicted molar refractivity (Wildman–Crippen MR) is 83.1 cm³/mol. The number of para-hydroxylation sites is 1. The first-order valence-corrected chi connectivity index (χ1v) is 8.12. The molecule has 2 atom stereocenters. The lowest BCUT2D eigenvalue weighted by atomic mass is 10.1. The second-order valence-electron chi connectivity index (χ2n) is 6.34. The van der Waals surface area contributed by atoms with Gasteiger partial charge in [-0.15, -0.1) is 0 Å². The smallest absolute Gasteiger partial charge is 0.146 e. The topological polar surface area (TPSA) is 26.7 Å². The Labute approximate surface area is 126 Å². The molecular formula is C17H25FN2O. The van der Waals surface area contributed by atoms with Crippen LogP contribution in [0.1, 0.15) is 44.3 Å². The van der Waals surface area contributed by atoms with Crippen LogP contribution in [0.4, 0.5) is 10.1 Å². The molecule has 0 bridgehead atoms. The van der Waals surface area contributed by atoms with Gasteiger partial charge in [-0.05, 0) is 45.3 Å². The number of aliphatic hydroxyl groups is 1. The normalized spacial score (nSPS) is 25.3. The molecule has 0 radical (unpaired) electrons. The molecule has 3 rings (SSSR count). The molecule has 2 aliphatic heterocycles. The Morgan fingerprint density at radius 3 is 2.67 bits per heavy atom. The Morgan fingerprint density at radius 1 is 1.19 bits per heavy atom. The molecule has 1 unspecified atom stereocenters. The highest BCUT2D eigenvalue weighted by molar-refractivity contribution is 5.56. The lowest BCUT2D eigenvalue weighted by Gasteiger charge is -2.32. The van der Waals surface area contributed by atoms with E-state index in [-0.39, 0.29) is 5.82 Å². The van der Waals surface area contributed by atoms with Gasteiger partial charge in [0.25, 0.3) is 0 Å². The summed E-state index contributed by atoms with van der Waals surface area (Å²) < 4.78 is 14.3. The zero-order valence-corrected chi connectivity index (χ0v) is 12.8. The molecule has 0 spiro atoms. The van der Waals surface area contributed by atoms with Crippen LogP contribution in [0.25, 0.3) is 0 Å². The van der Waals surface area contributed by atoms with Gasteiger partial charge >= 0.3 is 0 Å². The molecule has 116 valence electrons.